The van der Waals surface area contributed by atoms with Gasteiger partial charge in [-0.1, -0.05) is 5.16 Å². The smallest absolute Gasteiger partial charge is 0.352 e. The largest absolute Gasteiger partial charge is 0.504 e. The molecule has 5 rings (SSSR count). The van der Waals surface area contributed by atoms with Crippen molar-refractivity contribution in [2.45, 2.75) is 15.6 Å². The molecule has 0 radical (unpaired) electrons. The molecule has 6 N–H and O–H groups in total. The molecule has 1 saturated heterocycles. The van der Waals surface area contributed by atoms with Crippen molar-refractivity contribution in [1.29, 1.82) is 0 Å². The van der Waals surface area contributed by atoms with E-state index in [1.807, 2.05) is 0 Å². The van der Waals surface area contributed by atoms with E-state index in [9.17, 15) is 34.5 Å². The molecule has 13 nitrogen and oxygen atoms in total. The fraction of sp³-hybridized carbons (Fsp3) is 0.217. The Balaban J connectivity index is 1.35. The number of nitrogens with zero attached hydrogens (tertiary/aromatic N) is 3. The summed E-state index contributed by atoms with van der Waals surface area (Å²) in [7, 11) is 1.25. The molecule has 41 heavy (non-hydrogen) atoms. The Morgan fingerprint density at radius 1 is 1.32 bits per heavy atom. The SMILES string of the molecule is CO/N=C(\C(=O)N[C@@H]1C(=O)N2C(C(=O)O)=C(CSc3sc4cc(O)c(O)cc4c(=O)c3Br)CS[C@@H]12)c1csc(N)n1. The van der Waals surface area contributed by atoms with Gasteiger partial charge in [0.1, 0.15) is 29.9 Å². The third kappa shape index (κ3) is 5.36. The molecule has 2 aliphatic rings. The standard InChI is InChI=1S/C23H18BrN5O8S4/c1-37-28-14(9-6-40-23(25)26-9)18(33)27-15-19(34)29-16(21(35)36)7(4-38-20(15)29)5-39-22-13(24)17(32)8-2-10(30)11(31)3-12(8)41-22/h2-3,6,15,20,30-31H,4-5H2,1H3,(H2,25,26)(H,27,33)(H,35,36)/b28-14-/t15-,20+/m1/s1. The number of carbonyl (C=O) groups is 3. The number of nitrogen functional groups attached to an aromatic ring is 1. The Labute approximate surface area is 255 Å². The molecule has 0 unspecified atom stereocenters. The number of aromatic nitrogens is 1. The first-order valence-corrected chi connectivity index (χ1v) is 15.9. The molecular weight excluding hydrogens is 682 g/mol. The number of phenolic OH excluding ortho intramolecular Hbond substituents is 2. The third-order valence-electron chi connectivity index (χ3n) is 5.98. The zero-order valence-electron chi connectivity index (χ0n) is 20.6. The van der Waals surface area contributed by atoms with Gasteiger partial charge in [0.05, 0.1) is 8.68 Å². The van der Waals surface area contributed by atoms with E-state index in [2.05, 4.69) is 31.4 Å². The maximum absolute atomic E-state index is 13.1. The molecule has 3 aromatic rings. The van der Waals surface area contributed by atoms with Crippen LogP contribution in [0.15, 0.2) is 47.4 Å². The molecule has 2 amide bonds. The Bertz CT molecular complexity index is 1740. The molecule has 1 fully saturated rings. The molecule has 18 heteroatoms. The number of phenols is 2. The van der Waals surface area contributed by atoms with Crippen molar-refractivity contribution >= 4 is 101 Å². The van der Waals surface area contributed by atoms with Crippen molar-refractivity contribution in [3.05, 3.63) is 49.2 Å². The third-order valence-corrected chi connectivity index (χ3v) is 11.8. The number of nitrogens with two attached hydrogens (primary N) is 1. The van der Waals surface area contributed by atoms with E-state index in [0.717, 1.165) is 16.2 Å². The number of rotatable bonds is 8. The summed E-state index contributed by atoms with van der Waals surface area (Å²) in [6.07, 6.45) is 0. The Kier molecular flexibility index (Phi) is 8.20. The monoisotopic (exact) mass is 699 g/mol. The van der Waals surface area contributed by atoms with Gasteiger partial charge in [-0.2, -0.15) is 0 Å². The van der Waals surface area contributed by atoms with Crippen LogP contribution in [0.25, 0.3) is 10.1 Å². The molecule has 2 aliphatic heterocycles. The number of fused-ring (bicyclic) bond motifs is 2. The van der Waals surface area contributed by atoms with Crippen molar-refractivity contribution in [3.63, 3.8) is 0 Å². The number of carboxylic acids is 1. The molecule has 0 saturated carbocycles. The highest BCUT2D eigenvalue weighted by atomic mass is 79.9. The fourth-order valence-electron chi connectivity index (χ4n) is 4.12. The molecule has 0 aliphatic carbocycles. The minimum absolute atomic E-state index is 0.155. The lowest BCUT2D eigenvalue weighted by Crippen LogP contribution is -2.71. The summed E-state index contributed by atoms with van der Waals surface area (Å²) in [5, 5.41) is 37.2. The number of thiazole rings is 1. The maximum atomic E-state index is 13.1. The predicted molar refractivity (Wildman–Crippen MR) is 160 cm³/mol. The maximum Gasteiger partial charge on any atom is 0.352 e. The highest BCUT2D eigenvalue weighted by molar-refractivity contribution is 9.10. The summed E-state index contributed by atoms with van der Waals surface area (Å²) in [6.45, 7) is 0. The summed E-state index contributed by atoms with van der Waals surface area (Å²) in [5.74, 6) is -3.00. The zero-order valence-corrected chi connectivity index (χ0v) is 25.5. The van der Waals surface area contributed by atoms with E-state index in [4.69, 9.17) is 10.6 Å². The normalized spacial score (nSPS) is 18.7. The Morgan fingerprint density at radius 2 is 2.05 bits per heavy atom. The first-order chi connectivity index (χ1) is 19.5. The van der Waals surface area contributed by atoms with Crippen molar-refractivity contribution in [2.75, 3.05) is 24.3 Å². The second kappa shape index (κ2) is 11.5. The molecule has 0 bridgehead atoms. The number of aromatic hydroxyl groups is 2. The second-order valence-corrected chi connectivity index (χ2v) is 13.6. The number of amides is 2. The van der Waals surface area contributed by atoms with Gasteiger partial charge in [0.15, 0.2) is 22.3 Å². The van der Waals surface area contributed by atoms with Crippen molar-refractivity contribution in [3.8, 4) is 11.5 Å². The van der Waals surface area contributed by atoms with E-state index in [-0.39, 0.29) is 49.3 Å². The van der Waals surface area contributed by atoms with Gasteiger partial charge in [-0.3, -0.25) is 19.3 Å². The van der Waals surface area contributed by atoms with Crippen LogP contribution < -0.4 is 16.5 Å². The number of anilines is 1. The first-order valence-electron chi connectivity index (χ1n) is 11.4. The summed E-state index contributed by atoms with van der Waals surface area (Å²) in [6, 6.07) is 1.47. The molecular formula is C23H18BrN5O8S4. The van der Waals surface area contributed by atoms with Crippen LogP contribution in [-0.2, 0) is 19.2 Å². The van der Waals surface area contributed by atoms with Gasteiger partial charge < -0.3 is 31.2 Å². The van der Waals surface area contributed by atoms with E-state index < -0.39 is 40.4 Å². The first kappa shape index (κ1) is 29.2. The van der Waals surface area contributed by atoms with E-state index in [1.54, 1.807) is 0 Å². The van der Waals surface area contributed by atoms with Crippen LogP contribution in [0.4, 0.5) is 5.13 Å². The van der Waals surface area contributed by atoms with Gasteiger partial charge in [-0.05, 0) is 27.6 Å². The number of benzene rings is 1. The number of β-lactam (4-membered cyclic amide) rings is 1. The van der Waals surface area contributed by atoms with Crippen molar-refractivity contribution in [1.82, 2.24) is 15.2 Å². The van der Waals surface area contributed by atoms with Crippen molar-refractivity contribution < 1.29 is 34.5 Å². The fourth-order valence-corrected chi connectivity index (χ4v) is 9.20. The number of oxime groups is 1. The topological polar surface area (TPSA) is 205 Å². The lowest BCUT2D eigenvalue weighted by atomic mass is 10.0. The summed E-state index contributed by atoms with van der Waals surface area (Å²) >= 11 is 8.07. The molecule has 4 heterocycles. The highest BCUT2D eigenvalue weighted by Gasteiger charge is 2.54. The molecule has 1 aromatic carbocycles. The van der Waals surface area contributed by atoms with Gasteiger partial charge in [-0.15, -0.1) is 46.2 Å². The average molecular weight is 701 g/mol. The van der Waals surface area contributed by atoms with Crippen molar-refractivity contribution in [2.24, 2.45) is 5.16 Å². The quantitative estimate of drug-likeness (QED) is 0.0756. The molecule has 0 spiro atoms. The molecule has 214 valence electrons. The van der Waals surface area contributed by atoms with Crippen LogP contribution in [0, 0.1) is 0 Å². The number of nitrogens with one attached hydrogen (secondary N) is 1. The van der Waals surface area contributed by atoms with Gasteiger partial charge in [0.25, 0.3) is 11.8 Å². The summed E-state index contributed by atoms with van der Waals surface area (Å²) in [5.41, 5.74) is 5.53. The lowest BCUT2D eigenvalue weighted by molar-refractivity contribution is -0.150. The minimum Gasteiger partial charge on any atom is -0.504 e. The average Bonchev–Trinajstić information content (AvgIpc) is 3.37. The van der Waals surface area contributed by atoms with Crippen LogP contribution in [0.5, 0.6) is 11.5 Å². The van der Waals surface area contributed by atoms with E-state index in [1.165, 1.54) is 59.5 Å². The van der Waals surface area contributed by atoms with Crippen LogP contribution in [-0.4, -0.2) is 78.7 Å². The number of hydrogen-bond donors (Lipinski definition) is 5. The van der Waals surface area contributed by atoms with E-state index in [0.29, 0.717) is 14.5 Å². The molecule has 2 atom stereocenters. The molecule has 2 aromatic heterocycles. The minimum atomic E-state index is -1.30. The van der Waals surface area contributed by atoms with Crippen LogP contribution in [0.1, 0.15) is 5.69 Å². The summed E-state index contributed by atoms with van der Waals surface area (Å²) in [4.78, 5) is 61.0. The van der Waals surface area contributed by atoms with Crippen LogP contribution >= 0.6 is 62.1 Å². The number of hydrogen-bond acceptors (Lipinski definition) is 14. The lowest BCUT2D eigenvalue weighted by Gasteiger charge is -2.49. The number of thioether (sulfide) groups is 2. The summed E-state index contributed by atoms with van der Waals surface area (Å²) < 4.78 is 1.21. The van der Waals surface area contributed by atoms with E-state index >= 15 is 0 Å². The van der Waals surface area contributed by atoms with Crippen LogP contribution in [0.3, 0.4) is 0 Å². The number of carbonyl (C=O) groups excluding carboxylic acids is 2. The van der Waals surface area contributed by atoms with Gasteiger partial charge in [-0.25, -0.2) is 9.78 Å². The second-order valence-electron chi connectivity index (χ2n) is 8.47. The van der Waals surface area contributed by atoms with Gasteiger partial charge in [0.2, 0.25) is 5.43 Å². The van der Waals surface area contributed by atoms with Gasteiger partial charge >= 0.3 is 5.97 Å². The Morgan fingerprint density at radius 3 is 2.71 bits per heavy atom. The number of carboxylic acid groups (broad SMARTS) is 1. The van der Waals surface area contributed by atoms with Gasteiger partial charge in [0, 0.05) is 33.0 Å². The number of halogens is 1. The highest BCUT2D eigenvalue weighted by Crippen LogP contribution is 2.43. The predicted octanol–water partition coefficient (Wildman–Crippen LogP) is 2.36. The zero-order chi connectivity index (χ0) is 29.6. The van der Waals surface area contributed by atoms with Crippen LogP contribution in [0.2, 0.25) is 0 Å². The Hall–Kier alpha value is -3.32. The number of aliphatic carboxylic acids is 1.